The van der Waals surface area contributed by atoms with Gasteiger partial charge < -0.3 is 5.32 Å². The lowest BCUT2D eigenvalue weighted by Crippen LogP contribution is -2.47. The molecular weight excluding hydrogens is 214 g/mol. The summed E-state index contributed by atoms with van der Waals surface area (Å²) in [6, 6.07) is 2.60. The van der Waals surface area contributed by atoms with Gasteiger partial charge in [-0.2, -0.15) is 5.26 Å². The van der Waals surface area contributed by atoms with Crippen molar-refractivity contribution in [2.24, 2.45) is 5.92 Å². The van der Waals surface area contributed by atoms with Gasteiger partial charge in [-0.3, -0.25) is 9.69 Å². The van der Waals surface area contributed by atoms with Crippen molar-refractivity contribution in [2.45, 2.75) is 45.6 Å². The number of carbonyl (C=O) groups excluding carboxylic acids is 1. The highest BCUT2D eigenvalue weighted by Gasteiger charge is 2.29. The van der Waals surface area contributed by atoms with Gasteiger partial charge in [-0.05, 0) is 26.2 Å². The van der Waals surface area contributed by atoms with Crippen molar-refractivity contribution in [3.05, 3.63) is 0 Å². The van der Waals surface area contributed by atoms with Crippen LogP contribution in [-0.2, 0) is 4.79 Å². The van der Waals surface area contributed by atoms with E-state index in [1.807, 2.05) is 0 Å². The van der Waals surface area contributed by atoms with Gasteiger partial charge in [0.2, 0.25) is 5.91 Å². The molecule has 0 spiro atoms. The molecule has 2 atom stereocenters. The zero-order valence-corrected chi connectivity index (χ0v) is 10.9. The van der Waals surface area contributed by atoms with E-state index in [0.29, 0.717) is 12.6 Å². The molecule has 0 aliphatic carbocycles. The predicted molar refractivity (Wildman–Crippen MR) is 67.3 cm³/mol. The average molecular weight is 237 g/mol. The fourth-order valence-corrected chi connectivity index (χ4v) is 2.24. The Balaban J connectivity index is 2.39. The van der Waals surface area contributed by atoms with Crippen molar-refractivity contribution < 1.29 is 4.79 Å². The summed E-state index contributed by atoms with van der Waals surface area (Å²) in [7, 11) is 0. The van der Waals surface area contributed by atoms with E-state index in [2.05, 4.69) is 30.1 Å². The minimum atomic E-state index is 0.0661. The molecule has 0 radical (unpaired) electrons. The van der Waals surface area contributed by atoms with Gasteiger partial charge in [-0.1, -0.05) is 13.3 Å². The predicted octanol–water partition coefficient (Wildman–Crippen LogP) is 1.53. The molecule has 1 fully saturated rings. The summed E-state index contributed by atoms with van der Waals surface area (Å²) in [4.78, 5) is 14.0. The number of amides is 1. The van der Waals surface area contributed by atoms with Crippen LogP contribution in [0, 0.1) is 17.2 Å². The van der Waals surface area contributed by atoms with Crippen molar-refractivity contribution >= 4 is 5.91 Å². The zero-order valence-electron chi connectivity index (χ0n) is 10.9. The standard InChI is InChI=1S/C13H23N3O/c1-3-4-8-15-13(17)12-6-5-11(2)16(10-12)9-7-14/h11-12H,3-6,8-10H2,1-2H3,(H,15,17)/t11-,12+/m1/s1. The number of hydrogen-bond acceptors (Lipinski definition) is 3. The van der Waals surface area contributed by atoms with Crippen LogP contribution in [0.2, 0.25) is 0 Å². The van der Waals surface area contributed by atoms with E-state index in [9.17, 15) is 4.79 Å². The molecule has 4 nitrogen and oxygen atoms in total. The molecule has 1 aliphatic heterocycles. The lowest BCUT2D eigenvalue weighted by atomic mass is 9.92. The summed E-state index contributed by atoms with van der Waals surface area (Å²) >= 11 is 0. The van der Waals surface area contributed by atoms with E-state index in [1.54, 1.807) is 0 Å². The average Bonchev–Trinajstić information content (AvgIpc) is 2.32. The molecule has 0 aromatic rings. The Morgan fingerprint density at radius 2 is 2.29 bits per heavy atom. The van der Waals surface area contributed by atoms with Crippen LogP contribution < -0.4 is 5.32 Å². The zero-order chi connectivity index (χ0) is 12.7. The van der Waals surface area contributed by atoms with Crippen LogP contribution >= 0.6 is 0 Å². The van der Waals surface area contributed by atoms with Crippen LogP contribution in [0.3, 0.4) is 0 Å². The van der Waals surface area contributed by atoms with Gasteiger partial charge in [-0.25, -0.2) is 0 Å². The first-order valence-electron chi connectivity index (χ1n) is 6.57. The first kappa shape index (κ1) is 14.0. The molecule has 1 amide bonds. The number of unbranched alkanes of at least 4 members (excludes halogenated alkanes) is 1. The van der Waals surface area contributed by atoms with Gasteiger partial charge >= 0.3 is 0 Å². The number of piperidine rings is 1. The minimum Gasteiger partial charge on any atom is -0.356 e. The molecule has 1 heterocycles. The number of rotatable bonds is 5. The Hall–Kier alpha value is -1.08. The third-order valence-corrected chi connectivity index (χ3v) is 3.49. The summed E-state index contributed by atoms with van der Waals surface area (Å²) in [6.07, 6.45) is 4.09. The third kappa shape index (κ3) is 4.35. The second-order valence-electron chi connectivity index (χ2n) is 4.86. The van der Waals surface area contributed by atoms with E-state index in [0.717, 1.165) is 38.8 Å². The Bertz CT molecular complexity index is 285. The van der Waals surface area contributed by atoms with E-state index in [-0.39, 0.29) is 11.8 Å². The maximum absolute atomic E-state index is 11.9. The Morgan fingerprint density at radius 1 is 1.53 bits per heavy atom. The largest absolute Gasteiger partial charge is 0.356 e. The quantitative estimate of drug-likeness (QED) is 0.582. The smallest absolute Gasteiger partial charge is 0.224 e. The molecule has 0 bridgehead atoms. The molecule has 0 aromatic carbocycles. The molecule has 0 saturated carbocycles. The van der Waals surface area contributed by atoms with E-state index < -0.39 is 0 Å². The highest BCUT2D eigenvalue weighted by molar-refractivity contribution is 5.78. The maximum Gasteiger partial charge on any atom is 0.224 e. The molecule has 96 valence electrons. The Kier molecular flexibility index (Phi) is 5.99. The highest BCUT2D eigenvalue weighted by atomic mass is 16.1. The van der Waals surface area contributed by atoms with Gasteiger partial charge in [0.15, 0.2) is 0 Å². The lowest BCUT2D eigenvalue weighted by molar-refractivity contribution is -0.127. The molecule has 1 rings (SSSR count). The summed E-state index contributed by atoms with van der Waals surface area (Å²) in [5.41, 5.74) is 0. The first-order valence-corrected chi connectivity index (χ1v) is 6.57. The summed E-state index contributed by atoms with van der Waals surface area (Å²) < 4.78 is 0. The van der Waals surface area contributed by atoms with Crippen LogP contribution in [0.4, 0.5) is 0 Å². The summed E-state index contributed by atoms with van der Waals surface area (Å²) in [5, 5.41) is 11.7. The van der Waals surface area contributed by atoms with Crippen LogP contribution in [0.15, 0.2) is 0 Å². The van der Waals surface area contributed by atoms with Gasteiger partial charge in [0.25, 0.3) is 0 Å². The molecule has 0 unspecified atom stereocenters. The van der Waals surface area contributed by atoms with Crippen molar-refractivity contribution in [1.29, 1.82) is 5.26 Å². The SMILES string of the molecule is CCCCNC(=O)[C@H]1CC[C@@H](C)N(CC#N)C1. The number of nitriles is 1. The van der Waals surface area contributed by atoms with Gasteiger partial charge in [-0.15, -0.1) is 0 Å². The van der Waals surface area contributed by atoms with E-state index in [4.69, 9.17) is 5.26 Å². The summed E-state index contributed by atoms with van der Waals surface area (Å²) in [6.45, 7) is 6.18. The number of likely N-dealkylation sites (tertiary alicyclic amines) is 1. The Labute approximate surface area is 104 Å². The van der Waals surface area contributed by atoms with Gasteiger partial charge in [0.1, 0.15) is 0 Å². The van der Waals surface area contributed by atoms with Gasteiger partial charge in [0.05, 0.1) is 18.5 Å². The molecule has 1 saturated heterocycles. The van der Waals surface area contributed by atoms with E-state index >= 15 is 0 Å². The van der Waals surface area contributed by atoms with Gasteiger partial charge in [0, 0.05) is 19.1 Å². The third-order valence-electron chi connectivity index (χ3n) is 3.49. The second kappa shape index (κ2) is 7.29. The number of nitrogens with zero attached hydrogens (tertiary/aromatic N) is 2. The van der Waals surface area contributed by atoms with Crippen LogP contribution in [0.1, 0.15) is 39.5 Å². The van der Waals surface area contributed by atoms with Crippen LogP contribution in [0.5, 0.6) is 0 Å². The molecule has 0 aromatic heterocycles. The van der Waals surface area contributed by atoms with Crippen molar-refractivity contribution in [3.63, 3.8) is 0 Å². The Morgan fingerprint density at radius 3 is 2.94 bits per heavy atom. The van der Waals surface area contributed by atoms with Crippen molar-refractivity contribution in [3.8, 4) is 6.07 Å². The molecular formula is C13H23N3O. The van der Waals surface area contributed by atoms with Crippen molar-refractivity contribution in [1.82, 2.24) is 10.2 Å². The lowest BCUT2D eigenvalue weighted by Gasteiger charge is -2.35. The number of carbonyl (C=O) groups is 1. The highest BCUT2D eigenvalue weighted by Crippen LogP contribution is 2.21. The minimum absolute atomic E-state index is 0.0661. The molecule has 1 N–H and O–H groups in total. The monoisotopic (exact) mass is 237 g/mol. The normalized spacial score (nSPS) is 25.2. The number of nitrogens with one attached hydrogen (secondary N) is 1. The van der Waals surface area contributed by atoms with Crippen LogP contribution in [-0.4, -0.2) is 36.5 Å². The fourth-order valence-electron chi connectivity index (χ4n) is 2.24. The van der Waals surface area contributed by atoms with E-state index in [1.165, 1.54) is 0 Å². The summed E-state index contributed by atoms with van der Waals surface area (Å²) in [5.74, 6) is 0.227. The maximum atomic E-state index is 11.9. The fraction of sp³-hybridized carbons (Fsp3) is 0.846. The number of hydrogen-bond donors (Lipinski definition) is 1. The second-order valence-corrected chi connectivity index (χ2v) is 4.86. The molecule has 1 aliphatic rings. The topological polar surface area (TPSA) is 56.1 Å². The van der Waals surface area contributed by atoms with Crippen LogP contribution in [0.25, 0.3) is 0 Å². The molecule has 4 heteroatoms. The first-order chi connectivity index (χ1) is 8.19. The molecule has 17 heavy (non-hydrogen) atoms. The van der Waals surface area contributed by atoms with Crippen molar-refractivity contribution in [2.75, 3.05) is 19.6 Å².